The highest BCUT2D eigenvalue weighted by molar-refractivity contribution is 6.06. The Bertz CT molecular complexity index is 374. The number of carbonyl (C=O) groups is 2. The molecule has 4 nitrogen and oxygen atoms in total. The normalized spacial score (nSPS) is 35.7. The molecule has 100 valence electrons. The molecule has 0 aromatic heterocycles. The molecule has 0 aromatic rings. The number of carbonyl (C=O) groups excluding carboxylic acids is 2. The smallest absolute Gasteiger partial charge is 0.236 e. The fraction of sp³-hybridized carbons (Fsp3) is 0.857. The van der Waals surface area contributed by atoms with Gasteiger partial charge in [-0.3, -0.25) is 14.5 Å². The van der Waals surface area contributed by atoms with Crippen LogP contribution in [-0.2, 0) is 9.59 Å². The summed E-state index contributed by atoms with van der Waals surface area (Å²) in [5.74, 6) is 0.124. The molecule has 3 fully saturated rings. The van der Waals surface area contributed by atoms with Gasteiger partial charge in [-0.25, -0.2) is 0 Å². The molecule has 1 aliphatic heterocycles. The molecule has 2 atom stereocenters. The predicted molar refractivity (Wildman–Crippen MR) is 67.6 cm³/mol. The average Bonchev–Trinajstić information content (AvgIpc) is 2.85. The van der Waals surface area contributed by atoms with Crippen molar-refractivity contribution in [3.8, 4) is 0 Å². The van der Waals surface area contributed by atoms with Crippen LogP contribution >= 0.6 is 0 Å². The van der Waals surface area contributed by atoms with Gasteiger partial charge in [-0.1, -0.05) is 19.3 Å². The van der Waals surface area contributed by atoms with E-state index in [1.54, 1.807) is 4.90 Å². The number of hydrogen-bond donors (Lipinski definition) is 1. The molecule has 0 bridgehead atoms. The van der Waals surface area contributed by atoms with E-state index in [-0.39, 0.29) is 29.3 Å². The van der Waals surface area contributed by atoms with Crippen LogP contribution in [-0.4, -0.2) is 28.8 Å². The first-order chi connectivity index (χ1) is 8.64. The Morgan fingerprint density at radius 1 is 1.06 bits per heavy atom. The van der Waals surface area contributed by atoms with Gasteiger partial charge in [0.15, 0.2) is 0 Å². The second-order valence-corrected chi connectivity index (χ2v) is 6.25. The van der Waals surface area contributed by atoms with Crippen LogP contribution in [0.4, 0.5) is 0 Å². The Labute approximate surface area is 108 Å². The molecule has 18 heavy (non-hydrogen) atoms. The number of hydrogen-bond acceptors (Lipinski definition) is 3. The van der Waals surface area contributed by atoms with Crippen LogP contribution in [0.1, 0.15) is 57.8 Å². The molecule has 2 saturated carbocycles. The van der Waals surface area contributed by atoms with E-state index in [4.69, 9.17) is 5.73 Å². The molecule has 0 aromatic carbocycles. The van der Waals surface area contributed by atoms with Gasteiger partial charge < -0.3 is 5.73 Å². The summed E-state index contributed by atoms with van der Waals surface area (Å²) in [5.41, 5.74) is 5.71. The van der Waals surface area contributed by atoms with Crippen LogP contribution < -0.4 is 5.73 Å². The van der Waals surface area contributed by atoms with Crippen LogP contribution in [0, 0.1) is 5.41 Å². The molecule has 3 rings (SSSR count). The predicted octanol–water partition coefficient (Wildman–Crippen LogP) is 1.58. The topological polar surface area (TPSA) is 63.4 Å². The Morgan fingerprint density at radius 2 is 1.78 bits per heavy atom. The first-order valence-electron chi connectivity index (χ1n) is 7.26. The summed E-state index contributed by atoms with van der Waals surface area (Å²) < 4.78 is 0. The van der Waals surface area contributed by atoms with E-state index in [2.05, 4.69) is 0 Å². The van der Waals surface area contributed by atoms with Crippen LogP contribution in [0.5, 0.6) is 0 Å². The standard InChI is InChI=1S/C14H22N2O2/c15-10-5-4-6-11(10)16-12(17)9-14(13(16)18)7-2-1-3-8-14/h10-11H,1-9,15H2. The summed E-state index contributed by atoms with van der Waals surface area (Å²) in [6.07, 6.45) is 8.49. The van der Waals surface area contributed by atoms with Crippen molar-refractivity contribution in [2.75, 3.05) is 0 Å². The van der Waals surface area contributed by atoms with Gasteiger partial charge in [0, 0.05) is 12.5 Å². The van der Waals surface area contributed by atoms with E-state index in [0.29, 0.717) is 6.42 Å². The fourth-order valence-corrected chi connectivity index (χ4v) is 4.06. The third kappa shape index (κ3) is 1.69. The first-order valence-corrected chi connectivity index (χ1v) is 7.26. The summed E-state index contributed by atoms with van der Waals surface area (Å²) in [6, 6.07) is -0.0251. The van der Waals surface area contributed by atoms with E-state index >= 15 is 0 Å². The zero-order chi connectivity index (χ0) is 12.8. The summed E-state index contributed by atoms with van der Waals surface area (Å²) in [4.78, 5) is 26.5. The molecule has 2 N–H and O–H groups in total. The fourth-order valence-electron chi connectivity index (χ4n) is 4.06. The second-order valence-electron chi connectivity index (χ2n) is 6.25. The van der Waals surface area contributed by atoms with Crippen molar-refractivity contribution < 1.29 is 9.59 Å². The van der Waals surface area contributed by atoms with Crippen molar-refractivity contribution in [2.24, 2.45) is 11.1 Å². The molecule has 4 heteroatoms. The highest BCUT2D eigenvalue weighted by Gasteiger charge is 2.54. The molecule has 1 saturated heterocycles. The number of imide groups is 1. The van der Waals surface area contributed by atoms with Crippen molar-refractivity contribution >= 4 is 11.8 Å². The van der Waals surface area contributed by atoms with E-state index in [0.717, 1.165) is 44.9 Å². The molecule has 1 spiro atoms. The van der Waals surface area contributed by atoms with Crippen LogP contribution in [0.3, 0.4) is 0 Å². The van der Waals surface area contributed by atoms with E-state index in [1.165, 1.54) is 6.42 Å². The Hall–Kier alpha value is -0.900. The minimum absolute atomic E-state index is 0.00311. The molecular weight excluding hydrogens is 228 g/mol. The van der Waals surface area contributed by atoms with Gasteiger partial charge in [0.1, 0.15) is 0 Å². The zero-order valence-electron chi connectivity index (χ0n) is 10.9. The number of nitrogens with two attached hydrogens (primary N) is 1. The molecule has 0 radical (unpaired) electrons. The van der Waals surface area contributed by atoms with Crippen LogP contribution in [0.2, 0.25) is 0 Å². The third-order valence-corrected chi connectivity index (χ3v) is 5.10. The van der Waals surface area contributed by atoms with Crippen molar-refractivity contribution in [2.45, 2.75) is 69.9 Å². The third-order valence-electron chi connectivity index (χ3n) is 5.10. The maximum atomic E-state index is 12.7. The van der Waals surface area contributed by atoms with Crippen molar-refractivity contribution in [1.82, 2.24) is 4.90 Å². The monoisotopic (exact) mass is 250 g/mol. The number of nitrogens with zero attached hydrogens (tertiary/aromatic N) is 1. The van der Waals surface area contributed by atoms with Crippen molar-refractivity contribution in [3.05, 3.63) is 0 Å². The summed E-state index contributed by atoms with van der Waals surface area (Å²) in [6.45, 7) is 0. The Morgan fingerprint density at radius 3 is 2.39 bits per heavy atom. The number of likely N-dealkylation sites (tertiary alicyclic amines) is 1. The molecule has 1 heterocycles. The minimum atomic E-state index is -0.350. The van der Waals surface area contributed by atoms with Crippen LogP contribution in [0.25, 0.3) is 0 Å². The Balaban J connectivity index is 1.84. The summed E-state index contributed by atoms with van der Waals surface area (Å²) in [7, 11) is 0. The quantitative estimate of drug-likeness (QED) is 0.719. The summed E-state index contributed by atoms with van der Waals surface area (Å²) >= 11 is 0. The minimum Gasteiger partial charge on any atom is -0.326 e. The zero-order valence-corrected chi connectivity index (χ0v) is 10.9. The van der Waals surface area contributed by atoms with Crippen molar-refractivity contribution in [1.29, 1.82) is 0 Å². The van der Waals surface area contributed by atoms with Gasteiger partial charge in [0.2, 0.25) is 11.8 Å². The van der Waals surface area contributed by atoms with Gasteiger partial charge in [-0.15, -0.1) is 0 Å². The van der Waals surface area contributed by atoms with E-state index in [1.807, 2.05) is 0 Å². The maximum absolute atomic E-state index is 12.7. The SMILES string of the molecule is NC1CCCC1N1C(=O)CC2(CCCCC2)C1=O. The number of amides is 2. The van der Waals surface area contributed by atoms with Gasteiger partial charge >= 0.3 is 0 Å². The molecule has 2 unspecified atom stereocenters. The van der Waals surface area contributed by atoms with Gasteiger partial charge in [0.25, 0.3) is 0 Å². The maximum Gasteiger partial charge on any atom is 0.236 e. The highest BCUT2D eigenvalue weighted by Crippen LogP contribution is 2.46. The molecule has 3 aliphatic rings. The van der Waals surface area contributed by atoms with Gasteiger partial charge in [0.05, 0.1) is 11.5 Å². The second kappa shape index (κ2) is 4.34. The van der Waals surface area contributed by atoms with E-state index in [9.17, 15) is 9.59 Å². The highest BCUT2D eigenvalue weighted by atomic mass is 16.2. The lowest BCUT2D eigenvalue weighted by atomic mass is 9.73. The van der Waals surface area contributed by atoms with Gasteiger partial charge in [-0.2, -0.15) is 0 Å². The summed E-state index contributed by atoms with van der Waals surface area (Å²) in [5, 5.41) is 0. The first kappa shape index (κ1) is 12.2. The average molecular weight is 250 g/mol. The largest absolute Gasteiger partial charge is 0.326 e. The lowest BCUT2D eigenvalue weighted by Crippen LogP contribution is -2.49. The van der Waals surface area contributed by atoms with Gasteiger partial charge in [-0.05, 0) is 32.1 Å². The molecular formula is C14H22N2O2. The lowest BCUT2D eigenvalue weighted by Gasteiger charge is -2.32. The molecule has 2 amide bonds. The Kier molecular flexibility index (Phi) is 2.93. The van der Waals surface area contributed by atoms with E-state index < -0.39 is 0 Å². The number of rotatable bonds is 1. The van der Waals surface area contributed by atoms with Crippen molar-refractivity contribution in [3.63, 3.8) is 0 Å². The lowest BCUT2D eigenvalue weighted by molar-refractivity contribution is -0.145. The van der Waals surface area contributed by atoms with Crippen LogP contribution in [0.15, 0.2) is 0 Å². The molecule has 2 aliphatic carbocycles.